The first-order valence-electron chi connectivity index (χ1n) is 6.21. The molecule has 0 aliphatic heterocycles. The first-order valence-corrected chi connectivity index (χ1v) is 6.21. The maximum absolute atomic E-state index is 11.8. The molecule has 4 N–H and O–H groups in total. The Morgan fingerprint density at radius 2 is 1.94 bits per heavy atom. The molecule has 1 fully saturated rings. The van der Waals surface area contributed by atoms with Crippen molar-refractivity contribution in [3.63, 3.8) is 0 Å². The number of carbonyl (C=O) groups is 1. The Hall–Kier alpha value is -1.35. The van der Waals surface area contributed by atoms with E-state index >= 15 is 0 Å². The van der Waals surface area contributed by atoms with E-state index in [1.807, 2.05) is 37.3 Å². The minimum absolute atomic E-state index is 0.253. The van der Waals surface area contributed by atoms with Gasteiger partial charge >= 0.3 is 0 Å². The molecule has 1 aliphatic rings. The zero-order valence-corrected chi connectivity index (χ0v) is 10.3. The lowest BCUT2D eigenvalue weighted by molar-refractivity contribution is -0.139. The average Bonchev–Trinajstić information content (AvgIpc) is 2.27. The molecule has 0 bridgehead atoms. The van der Waals surface area contributed by atoms with Crippen LogP contribution >= 0.6 is 0 Å². The van der Waals surface area contributed by atoms with E-state index in [0.717, 1.165) is 31.2 Å². The summed E-state index contributed by atoms with van der Waals surface area (Å²) in [6.45, 7) is 2.02. The lowest BCUT2D eigenvalue weighted by Crippen LogP contribution is -2.62. The van der Waals surface area contributed by atoms with Gasteiger partial charge in [0.1, 0.15) is 0 Å². The van der Waals surface area contributed by atoms with Gasteiger partial charge in [-0.05, 0) is 24.8 Å². The number of primary amides is 1. The zero-order chi connectivity index (χ0) is 12.5. The van der Waals surface area contributed by atoms with E-state index in [2.05, 4.69) is 0 Å². The van der Waals surface area contributed by atoms with Crippen LogP contribution in [-0.2, 0) is 10.3 Å². The Morgan fingerprint density at radius 1 is 1.35 bits per heavy atom. The Bertz CT molecular complexity index is 411. The van der Waals surface area contributed by atoms with Gasteiger partial charge in [-0.2, -0.15) is 0 Å². The molecule has 1 atom stereocenters. The second-order valence-electron chi connectivity index (χ2n) is 4.99. The van der Waals surface area contributed by atoms with E-state index in [-0.39, 0.29) is 5.91 Å². The van der Waals surface area contributed by atoms with E-state index in [4.69, 9.17) is 11.5 Å². The van der Waals surface area contributed by atoms with Crippen LogP contribution in [0.25, 0.3) is 0 Å². The molecule has 0 radical (unpaired) electrons. The monoisotopic (exact) mass is 232 g/mol. The summed E-state index contributed by atoms with van der Waals surface area (Å²) in [5.74, 6) is -0.253. The van der Waals surface area contributed by atoms with Crippen molar-refractivity contribution in [1.82, 2.24) is 0 Å². The fraction of sp³-hybridized carbons (Fsp3) is 0.500. The van der Waals surface area contributed by atoms with Gasteiger partial charge < -0.3 is 11.5 Å². The van der Waals surface area contributed by atoms with Crippen LogP contribution in [0.3, 0.4) is 0 Å². The first-order chi connectivity index (χ1) is 8.07. The quantitative estimate of drug-likeness (QED) is 0.832. The van der Waals surface area contributed by atoms with Crippen molar-refractivity contribution >= 4 is 5.91 Å². The number of rotatable bonds is 4. The van der Waals surface area contributed by atoms with Gasteiger partial charge in [0.2, 0.25) is 5.91 Å². The number of benzene rings is 1. The van der Waals surface area contributed by atoms with Gasteiger partial charge in [-0.15, -0.1) is 0 Å². The summed E-state index contributed by atoms with van der Waals surface area (Å²) in [5.41, 5.74) is 12.0. The summed E-state index contributed by atoms with van der Waals surface area (Å²) < 4.78 is 0. The largest absolute Gasteiger partial charge is 0.369 e. The molecule has 0 aromatic heterocycles. The van der Waals surface area contributed by atoms with Crippen molar-refractivity contribution < 1.29 is 4.79 Å². The van der Waals surface area contributed by atoms with Crippen LogP contribution in [0.5, 0.6) is 0 Å². The third-order valence-corrected chi connectivity index (χ3v) is 4.38. The van der Waals surface area contributed by atoms with Crippen LogP contribution in [0.15, 0.2) is 30.3 Å². The van der Waals surface area contributed by atoms with E-state index in [0.29, 0.717) is 0 Å². The minimum atomic E-state index is -0.627. The third-order valence-electron chi connectivity index (χ3n) is 4.38. The van der Waals surface area contributed by atoms with Crippen molar-refractivity contribution in [2.45, 2.75) is 38.1 Å². The molecule has 0 spiro atoms. The Balaban J connectivity index is 2.47. The Morgan fingerprint density at radius 3 is 2.29 bits per heavy atom. The second-order valence-corrected chi connectivity index (χ2v) is 4.99. The highest BCUT2D eigenvalue weighted by Gasteiger charge is 2.56. The highest BCUT2D eigenvalue weighted by atomic mass is 16.1. The Labute approximate surface area is 102 Å². The highest BCUT2D eigenvalue weighted by Crippen LogP contribution is 2.53. The molecule has 1 amide bonds. The lowest BCUT2D eigenvalue weighted by Gasteiger charge is -2.52. The predicted octanol–water partition coefficient (Wildman–Crippen LogP) is 1.91. The van der Waals surface area contributed by atoms with E-state index in [1.54, 1.807) is 0 Å². The summed E-state index contributed by atoms with van der Waals surface area (Å²) in [6.07, 6.45) is 3.37. The van der Waals surface area contributed by atoms with E-state index in [9.17, 15) is 4.79 Å². The summed E-state index contributed by atoms with van der Waals surface area (Å²) >= 11 is 0. The molecule has 1 unspecified atom stereocenters. The van der Waals surface area contributed by atoms with Crippen LogP contribution < -0.4 is 11.5 Å². The molecule has 1 aromatic carbocycles. The molecule has 1 aliphatic carbocycles. The van der Waals surface area contributed by atoms with Crippen molar-refractivity contribution in [3.05, 3.63) is 35.9 Å². The molecule has 3 nitrogen and oxygen atoms in total. The number of carbonyl (C=O) groups excluding carboxylic acids is 1. The van der Waals surface area contributed by atoms with E-state index < -0.39 is 11.0 Å². The summed E-state index contributed by atoms with van der Waals surface area (Å²) in [7, 11) is 0. The molecule has 0 heterocycles. The van der Waals surface area contributed by atoms with Gasteiger partial charge in [0.25, 0.3) is 0 Å². The standard InChI is InChI=1S/C14H20N2O/c1-2-14(16,11-7-4-3-5-8-11)13(12(15)17)9-6-10-13/h3-5,7-8H,2,6,9-10,16H2,1H3,(H2,15,17). The molecule has 92 valence electrons. The summed E-state index contributed by atoms with van der Waals surface area (Å²) in [6, 6.07) is 9.86. The molecular weight excluding hydrogens is 212 g/mol. The van der Waals surface area contributed by atoms with E-state index in [1.165, 1.54) is 0 Å². The number of hydrogen-bond donors (Lipinski definition) is 2. The smallest absolute Gasteiger partial charge is 0.225 e. The van der Waals surface area contributed by atoms with Crippen molar-refractivity contribution in [2.24, 2.45) is 16.9 Å². The van der Waals surface area contributed by atoms with Crippen LogP contribution in [0.4, 0.5) is 0 Å². The minimum Gasteiger partial charge on any atom is -0.369 e. The molecule has 2 rings (SSSR count). The van der Waals surface area contributed by atoms with Gasteiger partial charge in [-0.25, -0.2) is 0 Å². The number of nitrogens with two attached hydrogens (primary N) is 2. The molecule has 17 heavy (non-hydrogen) atoms. The van der Waals surface area contributed by atoms with Gasteiger partial charge in [0.15, 0.2) is 0 Å². The first kappa shape index (κ1) is 12.1. The number of hydrogen-bond acceptors (Lipinski definition) is 2. The van der Waals surface area contributed by atoms with Gasteiger partial charge in [0.05, 0.1) is 11.0 Å². The van der Waals surface area contributed by atoms with Crippen molar-refractivity contribution in [1.29, 1.82) is 0 Å². The maximum Gasteiger partial charge on any atom is 0.225 e. The van der Waals surface area contributed by atoms with Gasteiger partial charge in [0, 0.05) is 0 Å². The Kier molecular flexibility index (Phi) is 2.96. The zero-order valence-electron chi connectivity index (χ0n) is 10.3. The second kappa shape index (κ2) is 4.15. The molecule has 1 saturated carbocycles. The fourth-order valence-corrected chi connectivity index (χ4v) is 3.00. The van der Waals surface area contributed by atoms with Crippen LogP contribution in [-0.4, -0.2) is 5.91 Å². The maximum atomic E-state index is 11.8. The fourth-order valence-electron chi connectivity index (χ4n) is 3.00. The number of amides is 1. The van der Waals surface area contributed by atoms with Crippen LogP contribution in [0, 0.1) is 5.41 Å². The summed E-state index contributed by atoms with van der Waals surface area (Å²) in [5, 5.41) is 0. The van der Waals surface area contributed by atoms with Crippen molar-refractivity contribution in [2.75, 3.05) is 0 Å². The topological polar surface area (TPSA) is 69.1 Å². The SMILES string of the molecule is CCC(N)(c1ccccc1)C1(C(N)=O)CCC1. The van der Waals surface area contributed by atoms with Gasteiger partial charge in [-0.3, -0.25) is 4.79 Å². The normalized spacial score (nSPS) is 21.3. The summed E-state index contributed by atoms with van der Waals surface area (Å²) in [4.78, 5) is 11.8. The van der Waals surface area contributed by atoms with Crippen molar-refractivity contribution in [3.8, 4) is 0 Å². The third kappa shape index (κ3) is 1.57. The van der Waals surface area contributed by atoms with Crippen LogP contribution in [0.1, 0.15) is 38.2 Å². The highest BCUT2D eigenvalue weighted by molar-refractivity contribution is 5.84. The molecule has 3 heteroatoms. The predicted molar refractivity (Wildman–Crippen MR) is 68.1 cm³/mol. The molecule has 0 saturated heterocycles. The average molecular weight is 232 g/mol. The molecule has 1 aromatic rings. The molecular formula is C14H20N2O. The van der Waals surface area contributed by atoms with Gasteiger partial charge in [-0.1, -0.05) is 43.7 Å². The van der Waals surface area contributed by atoms with Crippen LogP contribution in [0.2, 0.25) is 0 Å². The lowest BCUT2D eigenvalue weighted by atomic mass is 9.54.